The number of carboxylic acid groups (broad SMARTS) is 1. The number of sulfone groups is 1. The number of fused-ring (bicyclic) bond motifs is 1. The molecule has 1 aromatic rings. The van der Waals surface area contributed by atoms with Crippen molar-refractivity contribution < 1.29 is 22.7 Å². The Morgan fingerprint density at radius 2 is 2.21 bits per heavy atom. The molecule has 0 unspecified atom stereocenters. The van der Waals surface area contributed by atoms with E-state index in [1.165, 1.54) is 0 Å². The van der Waals surface area contributed by atoms with Crippen LogP contribution in [0.2, 0.25) is 0 Å². The highest BCUT2D eigenvalue weighted by Crippen LogP contribution is 2.25. The summed E-state index contributed by atoms with van der Waals surface area (Å²) in [6.45, 7) is 0. The minimum Gasteiger partial charge on any atom is -0.478 e. The van der Waals surface area contributed by atoms with Gasteiger partial charge in [-0.1, -0.05) is 0 Å². The molecule has 0 amide bonds. The van der Waals surface area contributed by atoms with Crippen LogP contribution in [0.5, 0.6) is 0 Å². The van der Waals surface area contributed by atoms with Crippen molar-refractivity contribution >= 4 is 15.8 Å². The highest BCUT2D eigenvalue weighted by molar-refractivity contribution is 7.90. The lowest BCUT2D eigenvalue weighted by molar-refractivity contribution is 0.0695. The lowest BCUT2D eigenvalue weighted by Gasteiger charge is -2.10. The number of hydrogen-bond donors (Lipinski definition) is 1. The van der Waals surface area contributed by atoms with Crippen molar-refractivity contribution in [1.82, 2.24) is 0 Å². The zero-order valence-electron chi connectivity index (χ0n) is 7.19. The minimum atomic E-state index is -3.10. The van der Waals surface area contributed by atoms with Crippen molar-refractivity contribution in [2.45, 2.75) is 12.2 Å². The lowest BCUT2D eigenvalue weighted by Crippen LogP contribution is -2.19. The number of carboxylic acids is 1. The molecule has 0 aromatic carbocycles. The van der Waals surface area contributed by atoms with Crippen LogP contribution < -0.4 is 0 Å². The molecule has 0 radical (unpaired) electrons. The average Bonchev–Trinajstić information content (AvgIpc) is 2.44. The normalized spacial score (nSPS) is 18.9. The molecule has 0 atom stereocenters. The number of carbonyl (C=O) groups is 1. The van der Waals surface area contributed by atoms with Crippen molar-refractivity contribution in [3.8, 4) is 0 Å². The second-order valence-corrected chi connectivity index (χ2v) is 5.38. The van der Waals surface area contributed by atoms with Crippen LogP contribution in [-0.2, 0) is 22.0 Å². The fourth-order valence-electron chi connectivity index (χ4n) is 1.53. The summed E-state index contributed by atoms with van der Waals surface area (Å²) >= 11 is 0. The first-order valence-corrected chi connectivity index (χ1v) is 5.85. The fourth-order valence-corrected chi connectivity index (χ4v) is 2.83. The van der Waals surface area contributed by atoms with E-state index in [-0.39, 0.29) is 29.3 Å². The van der Waals surface area contributed by atoms with Crippen LogP contribution in [0.15, 0.2) is 10.7 Å². The van der Waals surface area contributed by atoms with Gasteiger partial charge in [-0.15, -0.1) is 0 Å². The molecule has 0 fully saturated rings. The van der Waals surface area contributed by atoms with Crippen LogP contribution >= 0.6 is 0 Å². The molecule has 0 saturated carbocycles. The summed E-state index contributed by atoms with van der Waals surface area (Å²) < 4.78 is 27.3. The predicted molar refractivity (Wildman–Crippen MR) is 46.9 cm³/mol. The van der Waals surface area contributed by atoms with Gasteiger partial charge in [0.2, 0.25) is 0 Å². The summed E-state index contributed by atoms with van der Waals surface area (Å²) in [6, 6.07) is 0. The van der Waals surface area contributed by atoms with Crippen LogP contribution in [-0.4, -0.2) is 25.2 Å². The zero-order valence-corrected chi connectivity index (χ0v) is 8.00. The molecule has 0 spiro atoms. The quantitative estimate of drug-likeness (QED) is 0.736. The third kappa shape index (κ3) is 1.41. The van der Waals surface area contributed by atoms with E-state index in [0.717, 1.165) is 6.26 Å². The Balaban J connectivity index is 2.49. The Morgan fingerprint density at radius 3 is 2.86 bits per heavy atom. The smallest absolute Gasteiger partial charge is 0.339 e. The predicted octanol–water partition coefficient (Wildman–Crippen LogP) is 0.449. The standard InChI is InChI=1S/C8H8O5S/c9-8(10)6-3-13-7-4-14(11,12)2-1-5(6)7/h3H,1-2,4H2,(H,9,10). The minimum absolute atomic E-state index is 0.000185. The maximum atomic E-state index is 11.2. The first-order chi connectivity index (χ1) is 6.49. The fraction of sp³-hybridized carbons (Fsp3) is 0.375. The Bertz CT molecular complexity index is 482. The van der Waals surface area contributed by atoms with Crippen molar-refractivity contribution in [2.24, 2.45) is 0 Å². The maximum Gasteiger partial charge on any atom is 0.339 e. The molecule has 2 heterocycles. The van der Waals surface area contributed by atoms with Crippen molar-refractivity contribution in [1.29, 1.82) is 0 Å². The molecule has 76 valence electrons. The van der Waals surface area contributed by atoms with Gasteiger partial charge in [-0.3, -0.25) is 0 Å². The molecule has 6 heteroatoms. The molecular formula is C8H8O5S. The Hall–Kier alpha value is -1.30. The molecule has 5 nitrogen and oxygen atoms in total. The number of hydrogen-bond acceptors (Lipinski definition) is 4. The molecule has 2 rings (SSSR count). The summed E-state index contributed by atoms with van der Waals surface area (Å²) in [5, 5.41) is 8.75. The van der Waals surface area contributed by atoms with E-state index in [1.54, 1.807) is 0 Å². The Labute approximate surface area is 80.3 Å². The van der Waals surface area contributed by atoms with Gasteiger partial charge >= 0.3 is 5.97 Å². The van der Waals surface area contributed by atoms with Gasteiger partial charge in [-0.2, -0.15) is 0 Å². The highest BCUT2D eigenvalue weighted by atomic mass is 32.2. The first-order valence-electron chi connectivity index (χ1n) is 4.02. The summed E-state index contributed by atoms with van der Waals surface area (Å²) in [6.07, 6.45) is 1.34. The van der Waals surface area contributed by atoms with Gasteiger partial charge in [0, 0.05) is 5.56 Å². The summed E-state index contributed by atoms with van der Waals surface area (Å²) in [5.74, 6) is -0.988. The third-order valence-corrected chi connectivity index (χ3v) is 3.75. The van der Waals surface area contributed by atoms with E-state index in [9.17, 15) is 13.2 Å². The van der Waals surface area contributed by atoms with E-state index < -0.39 is 15.8 Å². The molecule has 0 aliphatic carbocycles. The SMILES string of the molecule is O=C(O)c1coc2c1CCS(=O)(=O)C2. The number of aromatic carboxylic acids is 1. The summed E-state index contributed by atoms with van der Waals surface area (Å²) in [7, 11) is -3.10. The van der Waals surface area contributed by atoms with Crippen LogP contribution in [0.25, 0.3) is 0 Å². The van der Waals surface area contributed by atoms with Gasteiger partial charge in [0.05, 0.1) is 5.75 Å². The second kappa shape index (κ2) is 2.84. The van der Waals surface area contributed by atoms with E-state index in [2.05, 4.69) is 0 Å². The number of rotatable bonds is 1. The molecule has 1 aliphatic rings. The molecule has 0 saturated heterocycles. The zero-order chi connectivity index (χ0) is 10.3. The van der Waals surface area contributed by atoms with Crippen molar-refractivity contribution in [3.63, 3.8) is 0 Å². The topological polar surface area (TPSA) is 84.6 Å². The molecule has 0 bridgehead atoms. The second-order valence-electron chi connectivity index (χ2n) is 3.20. The van der Waals surface area contributed by atoms with Crippen LogP contribution in [0.3, 0.4) is 0 Å². The molecular weight excluding hydrogens is 208 g/mol. The van der Waals surface area contributed by atoms with Gasteiger partial charge < -0.3 is 9.52 Å². The summed E-state index contributed by atoms with van der Waals surface area (Å²) in [5.41, 5.74) is 0.599. The summed E-state index contributed by atoms with van der Waals surface area (Å²) in [4.78, 5) is 10.7. The van der Waals surface area contributed by atoms with Crippen LogP contribution in [0.4, 0.5) is 0 Å². The van der Waals surface area contributed by atoms with Gasteiger partial charge in [-0.05, 0) is 6.42 Å². The largest absolute Gasteiger partial charge is 0.478 e. The Kier molecular flexibility index (Phi) is 1.88. The lowest BCUT2D eigenvalue weighted by atomic mass is 10.1. The Morgan fingerprint density at radius 1 is 1.50 bits per heavy atom. The van der Waals surface area contributed by atoms with Crippen molar-refractivity contribution in [2.75, 3.05) is 5.75 Å². The van der Waals surface area contributed by atoms with Crippen LogP contribution in [0, 0.1) is 0 Å². The van der Waals surface area contributed by atoms with E-state index in [1.807, 2.05) is 0 Å². The maximum absolute atomic E-state index is 11.2. The third-order valence-electron chi connectivity index (χ3n) is 2.23. The van der Waals surface area contributed by atoms with E-state index in [4.69, 9.17) is 9.52 Å². The van der Waals surface area contributed by atoms with Crippen molar-refractivity contribution in [3.05, 3.63) is 23.2 Å². The van der Waals surface area contributed by atoms with E-state index >= 15 is 0 Å². The first kappa shape index (κ1) is 9.26. The highest BCUT2D eigenvalue weighted by Gasteiger charge is 2.28. The van der Waals surface area contributed by atoms with Gasteiger partial charge in [0.25, 0.3) is 0 Å². The monoisotopic (exact) mass is 216 g/mol. The van der Waals surface area contributed by atoms with Gasteiger partial charge in [0.15, 0.2) is 9.84 Å². The molecule has 1 aromatic heterocycles. The molecule has 1 N–H and O–H groups in total. The van der Waals surface area contributed by atoms with Gasteiger partial charge in [-0.25, -0.2) is 13.2 Å². The molecule has 1 aliphatic heterocycles. The number of furan rings is 1. The molecule has 14 heavy (non-hydrogen) atoms. The van der Waals surface area contributed by atoms with E-state index in [0.29, 0.717) is 5.56 Å². The van der Waals surface area contributed by atoms with Crippen LogP contribution in [0.1, 0.15) is 21.7 Å². The van der Waals surface area contributed by atoms with Gasteiger partial charge in [0.1, 0.15) is 23.3 Å². The average molecular weight is 216 g/mol.